The Morgan fingerprint density at radius 1 is 1.58 bits per heavy atom. The maximum Gasteiger partial charge on any atom is 0.138 e. The van der Waals surface area contributed by atoms with Crippen LogP contribution >= 0.6 is 27.7 Å². The van der Waals surface area contributed by atoms with Gasteiger partial charge in [0.25, 0.3) is 0 Å². The molecule has 1 aromatic rings. The first-order valence-electron chi connectivity index (χ1n) is 3.41. The molecule has 66 valence electrons. The van der Waals surface area contributed by atoms with Gasteiger partial charge in [0.05, 0.1) is 4.90 Å². The number of thioether (sulfide) groups is 1. The van der Waals surface area contributed by atoms with Crippen LogP contribution in [0, 0.1) is 5.82 Å². The predicted molar refractivity (Wildman–Crippen MR) is 53.8 cm³/mol. The first-order chi connectivity index (χ1) is 5.69. The third kappa shape index (κ3) is 2.00. The van der Waals surface area contributed by atoms with Gasteiger partial charge in [-0.2, -0.15) is 0 Å². The molecule has 12 heavy (non-hydrogen) atoms. The van der Waals surface area contributed by atoms with E-state index >= 15 is 0 Å². The van der Waals surface area contributed by atoms with Gasteiger partial charge < -0.3 is 5.73 Å². The average Bonchev–Trinajstić information content (AvgIpc) is 2.03. The second-order valence-corrected chi connectivity index (χ2v) is 3.97. The van der Waals surface area contributed by atoms with Gasteiger partial charge in [-0.1, -0.05) is 0 Å². The van der Waals surface area contributed by atoms with Crippen LogP contribution in [-0.2, 0) is 6.54 Å². The quantitative estimate of drug-likeness (QED) is 0.817. The van der Waals surface area contributed by atoms with Crippen molar-refractivity contribution in [3.8, 4) is 0 Å². The van der Waals surface area contributed by atoms with E-state index in [1.807, 2.05) is 12.3 Å². The van der Waals surface area contributed by atoms with Gasteiger partial charge in [0.15, 0.2) is 0 Å². The van der Waals surface area contributed by atoms with E-state index in [2.05, 4.69) is 15.9 Å². The number of hydrogen-bond acceptors (Lipinski definition) is 2. The van der Waals surface area contributed by atoms with Gasteiger partial charge >= 0.3 is 0 Å². The van der Waals surface area contributed by atoms with Crippen molar-refractivity contribution >= 4 is 27.7 Å². The van der Waals surface area contributed by atoms with E-state index in [1.165, 1.54) is 17.8 Å². The molecule has 0 bridgehead atoms. The van der Waals surface area contributed by atoms with Gasteiger partial charge in [-0.15, -0.1) is 11.8 Å². The predicted octanol–water partition coefficient (Wildman–Crippen LogP) is 2.77. The smallest absolute Gasteiger partial charge is 0.138 e. The zero-order valence-corrected chi connectivity index (χ0v) is 9.01. The lowest BCUT2D eigenvalue weighted by molar-refractivity contribution is 0.597. The van der Waals surface area contributed by atoms with E-state index in [0.717, 1.165) is 10.0 Å². The van der Waals surface area contributed by atoms with Crippen molar-refractivity contribution in [2.24, 2.45) is 5.73 Å². The van der Waals surface area contributed by atoms with Crippen LogP contribution in [0.2, 0.25) is 0 Å². The Balaban J connectivity index is 3.18. The molecule has 0 atom stereocenters. The van der Waals surface area contributed by atoms with Crippen molar-refractivity contribution in [3.05, 3.63) is 28.0 Å². The second kappa shape index (κ2) is 4.25. The van der Waals surface area contributed by atoms with E-state index in [-0.39, 0.29) is 5.82 Å². The van der Waals surface area contributed by atoms with Gasteiger partial charge in [0.2, 0.25) is 0 Å². The van der Waals surface area contributed by atoms with Crippen LogP contribution in [0.1, 0.15) is 5.56 Å². The van der Waals surface area contributed by atoms with Crippen molar-refractivity contribution in [2.75, 3.05) is 6.26 Å². The normalized spacial score (nSPS) is 10.3. The number of hydrogen-bond donors (Lipinski definition) is 1. The summed E-state index contributed by atoms with van der Waals surface area (Å²) in [4.78, 5) is 0.632. The summed E-state index contributed by atoms with van der Waals surface area (Å²) in [7, 11) is 0. The second-order valence-electron chi connectivity index (χ2n) is 2.30. The molecular formula is C8H9BrFNS. The van der Waals surface area contributed by atoms with Crippen LogP contribution in [0.3, 0.4) is 0 Å². The Labute approximate surface area is 83.7 Å². The molecule has 0 heterocycles. The summed E-state index contributed by atoms with van der Waals surface area (Å²) in [6, 6.07) is 3.31. The van der Waals surface area contributed by atoms with Gasteiger partial charge in [-0.05, 0) is 39.9 Å². The summed E-state index contributed by atoms with van der Waals surface area (Å²) in [6.07, 6.45) is 1.84. The molecule has 0 saturated carbocycles. The lowest BCUT2D eigenvalue weighted by atomic mass is 10.2. The number of nitrogens with two attached hydrogens (primary N) is 1. The van der Waals surface area contributed by atoms with Crippen LogP contribution < -0.4 is 5.73 Å². The molecule has 0 saturated heterocycles. The van der Waals surface area contributed by atoms with Crippen molar-refractivity contribution in [2.45, 2.75) is 11.4 Å². The van der Waals surface area contributed by atoms with Gasteiger partial charge in [-0.3, -0.25) is 0 Å². The molecule has 0 radical (unpaired) electrons. The van der Waals surface area contributed by atoms with Crippen molar-refractivity contribution in [3.63, 3.8) is 0 Å². The molecule has 0 aliphatic heterocycles. The molecule has 0 spiro atoms. The minimum Gasteiger partial charge on any atom is -0.326 e. The summed E-state index contributed by atoms with van der Waals surface area (Å²) in [5.41, 5.74) is 6.19. The summed E-state index contributed by atoms with van der Waals surface area (Å²) >= 11 is 4.66. The Bertz CT molecular complexity index is 267. The fraction of sp³-hybridized carbons (Fsp3) is 0.250. The molecular weight excluding hydrogens is 241 g/mol. The molecule has 0 amide bonds. The Hall–Kier alpha value is -0.0600. The highest BCUT2D eigenvalue weighted by Crippen LogP contribution is 2.29. The van der Waals surface area contributed by atoms with Gasteiger partial charge in [-0.25, -0.2) is 4.39 Å². The highest BCUT2D eigenvalue weighted by molar-refractivity contribution is 9.10. The Morgan fingerprint density at radius 2 is 2.25 bits per heavy atom. The number of rotatable bonds is 2. The van der Waals surface area contributed by atoms with Gasteiger partial charge in [0, 0.05) is 11.0 Å². The summed E-state index contributed by atoms with van der Waals surface area (Å²) in [6.45, 7) is 0.365. The fourth-order valence-corrected chi connectivity index (χ4v) is 2.40. The molecule has 4 heteroatoms. The fourth-order valence-electron chi connectivity index (χ4n) is 0.925. The third-order valence-corrected chi connectivity index (χ3v) is 3.21. The minimum atomic E-state index is -0.211. The molecule has 1 aromatic carbocycles. The number of benzene rings is 1. The average molecular weight is 250 g/mol. The van der Waals surface area contributed by atoms with E-state index < -0.39 is 0 Å². The standard InChI is InChI=1S/C8H9BrFNS/c1-12-8-6(9)2-5(4-11)3-7(8)10/h2-3H,4,11H2,1H3. The van der Waals surface area contributed by atoms with Crippen molar-refractivity contribution < 1.29 is 4.39 Å². The molecule has 0 aliphatic carbocycles. The third-order valence-electron chi connectivity index (χ3n) is 1.50. The van der Waals surface area contributed by atoms with E-state index in [1.54, 1.807) is 0 Å². The Kier molecular flexibility index (Phi) is 3.55. The first kappa shape index (κ1) is 10.0. The zero-order chi connectivity index (χ0) is 9.14. The van der Waals surface area contributed by atoms with E-state index in [0.29, 0.717) is 11.4 Å². The molecule has 2 N–H and O–H groups in total. The zero-order valence-electron chi connectivity index (χ0n) is 6.60. The highest BCUT2D eigenvalue weighted by atomic mass is 79.9. The first-order valence-corrected chi connectivity index (χ1v) is 5.42. The maximum absolute atomic E-state index is 13.2. The molecule has 0 fully saturated rings. The SMILES string of the molecule is CSc1c(F)cc(CN)cc1Br. The molecule has 1 nitrogen and oxygen atoms in total. The summed E-state index contributed by atoms with van der Waals surface area (Å²) < 4.78 is 14.0. The largest absolute Gasteiger partial charge is 0.326 e. The highest BCUT2D eigenvalue weighted by Gasteiger charge is 2.06. The lowest BCUT2D eigenvalue weighted by Crippen LogP contribution is -1.97. The number of halogens is 2. The minimum absolute atomic E-state index is 0.211. The molecule has 0 aliphatic rings. The van der Waals surface area contributed by atoms with Crippen molar-refractivity contribution in [1.82, 2.24) is 0 Å². The molecule has 0 aromatic heterocycles. The van der Waals surface area contributed by atoms with E-state index in [9.17, 15) is 4.39 Å². The Morgan fingerprint density at radius 3 is 2.67 bits per heavy atom. The van der Waals surface area contributed by atoms with Gasteiger partial charge in [0.1, 0.15) is 5.82 Å². The van der Waals surface area contributed by atoms with Crippen molar-refractivity contribution in [1.29, 1.82) is 0 Å². The molecule has 0 unspecified atom stereocenters. The van der Waals surface area contributed by atoms with E-state index in [4.69, 9.17) is 5.73 Å². The maximum atomic E-state index is 13.2. The summed E-state index contributed by atoms with van der Waals surface area (Å²) in [5, 5.41) is 0. The van der Waals surface area contributed by atoms with Crippen LogP contribution in [0.5, 0.6) is 0 Å². The van der Waals surface area contributed by atoms with Crippen LogP contribution in [0.25, 0.3) is 0 Å². The monoisotopic (exact) mass is 249 g/mol. The lowest BCUT2D eigenvalue weighted by Gasteiger charge is -2.04. The van der Waals surface area contributed by atoms with Crippen LogP contribution in [0.4, 0.5) is 4.39 Å². The molecule has 1 rings (SSSR count). The van der Waals surface area contributed by atoms with Crippen LogP contribution in [-0.4, -0.2) is 6.26 Å². The topological polar surface area (TPSA) is 26.0 Å². The van der Waals surface area contributed by atoms with Crippen LogP contribution in [0.15, 0.2) is 21.5 Å². The summed E-state index contributed by atoms with van der Waals surface area (Å²) in [5.74, 6) is -0.211.